The van der Waals surface area contributed by atoms with Gasteiger partial charge in [0.25, 0.3) is 0 Å². The SMILES string of the molecule is CCCCCCCCCCCCC[C@H](NCCOCCOCCOCCO)C(=O)O. The second kappa shape index (κ2) is 24.5. The van der Waals surface area contributed by atoms with Gasteiger partial charge >= 0.3 is 5.97 Å². The molecule has 0 amide bonds. The highest BCUT2D eigenvalue weighted by Gasteiger charge is 2.15. The lowest BCUT2D eigenvalue weighted by Crippen LogP contribution is -2.38. The van der Waals surface area contributed by atoms with Crippen LogP contribution in [0.4, 0.5) is 0 Å². The topological polar surface area (TPSA) is 97.3 Å². The molecule has 0 saturated heterocycles. The summed E-state index contributed by atoms with van der Waals surface area (Å²) in [4.78, 5) is 11.4. The normalized spacial score (nSPS) is 12.3. The quantitative estimate of drug-likeness (QED) is 0.189. The fourth-order valence-electron chi connectivity index (χ4n) is 3.24. The van der Waals surface area contributed by atoms with Crippen molar-refractivity contribution in [1.29, 1.82) is 0 Å². The van der Waals surface area contributed by atoms with Crippen molar-refractivity contribution < 1.29 is 29.2 Å². The second-order valence-electron chi connectivity index (χ2n) is 7.73. The molecule has 0 fully saturated rings. The van der Waals surface area contributed by atoms with Crippen LogP contribution >= 0.6 is 0 Å². The van der Waals surface area contributed by atoms with Crippen LogP contribution in [-0.2, 0) is 19.0 Å². The molecular formula is C23H47NO6. The van der Waals surface area contributed by atoms with E-state index in [1.807, 2.05) is 0 Å². The summed E-state index contributed by atoms with van der Waals surface area (Å²) in [6.07, 6.45) is 14.6. The number of carboxylic acid groups (broad SMARTS) is 1. The maximum absolute atomic E-state index is 11.4. The van der Waals surface area contributed by atoms with Crippen molar-refractivity contribution in [2.24, 2.45) is 0 Å². The largest absolute Gasteiger partial charge is 0.480 e. The highest BCUT2D eigenvalue weighted by molar-refractivity contribution is 5.73. The fourth-order valence-corrected chi connectivity index (χ4v) is 3.24. The van der Waals surface area contributed by atoms with Gasteiger partial charge in [-0.1, -0.05) is 77.6 Å². The maximum Gasteiger partial charge on any atom is 0.320 e. The Kier molecular flexibility index (Phi) is 23.9. The lowest BCUT2D eigenvalue weighted by Gasteiger charge is -2.14. The van der Waals surface area contributed by atoms with Crippen LogP contribution in [0, 0.1) is 0 Å². The molecule has 0 bridgehead atoms. The van der Waals surface area contributed by atoms with Gasteiger partial charge in [0.2, 0.25) is 0 Å². The standard InChI is InChI=1S/C23H47NO6/c1-2-3-4-5-6-7-8-9-10-11-12-13-22(23(26)27)24-14-16-28-18-20-30-21-19-29-17-15-25/h22,24-25H,2-21H2,1H3,(H,26,27)/t22-/m0/s1. The van der Waals surface area contributed by atoms with Gasteiger partial charge < -0.3 is 29.7 Å². The first-order chi connectivity index (χ1) is 14.7. The van der Waals surface area contributed by atoms with E-state index in [-0.39, 0.29) is 6.61 Å². The van der Waals surface area contributed by atoms with Gasteiger partial charge in [0.05, 0.1) is 46.2 Å². The van der Waals surface area contributed by atoms with Crippen molar-refractivity contribution in [1.82, 2.24) is 5.32 Å². The third-order valence-electron chi connectivity index (χ3n) is 5.01. The summed E-state index contributed by atoms with van der Waals surface area (Å²) in [6, 6.07) is -0.493. The van der Waals surface area contributed by atoms with Gasteiger partial charge in [-0.15, -0.1) is 0 Å². The molecule has 0 rings (SSSR count). The number of hydrogen-bond donors (Lipinski definition) is 3. The van der Waals surface area contributed by atoms with E-state index in [4.69, 9.17) is 19.3 Å². The maximum atomic E-state index is 11.4. The van der Waals surface area contributed by atoms with Gasteiger partial charge in [0.1, 0.15) is 6.04 Å². The molecule has 7 heteroatoms. The average Bonchev–Trinajstić information content (AvgIpc) is 2.74. The highest BCUT2D eigenvalue weighted by Crippen LogP contribution is 2.12. The van der Waals surface area contributed by atoms with E-state index in [0.29, 0.717) is 52.6 Å². The van der Waals surface area contributed by atoms with Crippen LogP contribution in [0.5, 0.6) is 0 Å². The first kappa shape index (κ1) is 29.3. The zero-order chi connectivity index (χ0) is 22.1. The number of ether oxygens (including phenoxy) is 3. The fraction of sp³-hybridized carbons (Fsp3) is 0.957. The van der Waals surface area contributed by atoms with Gasteiger partial charge in [0.15, 0.2) is 0 Å². The van der Waals surface area contributed by atoms with Crippen molar-refractivity contribution in [2.45, 2.75) is 90.0 Å². The van der Waals surface area contributed by atoms with E-state index >= 15 is 0 Å². The molecule has 0 aromatic heterocycles. The molecule has 0 aliphatic rings. The molecule has 1 atom stereocenters. The third kappa shape index (κ3) is 22.0. The second-order valence-corrected chi connectivity index (χ2v) is 7.73. The summed E-state index contributed by atoms with van der Waals surface area (Å²) in [5, 5.41) is 21.0. The molecule has 0 aromatic carbocycles. The Balaban J connectivity index is 3.43. The predicted octanol–water partition coefficient (Wildman–Crippen LogP) is 3.77. The molecule has 0 saturated carbocycles. The van der Waals surface area contributed by atoms with Crippen LogP contribution < -0.4 is 5.32 Å². The van der Waals surface area contributed by atoms with Gasteiger partial charge in [0, 0.05) is 6.54 Å². The van der Waals surface area contributed by atoms with Crippen molar-refractivity contribution in [3.63, 3.8) is 0 Å². The number of hydrogen-bond acceptors (Lipinski definition) is 6. The molecule has 0 aromatic rings. The first-order valence-corrected chi connectivity index (χ1v) is 12.0. The molecule has 0 unspecified atom stereocenters. The van der Waals surface area contributed by atoms with E-state index in [9.17, 15) is 9.90 Å². The summed E-state index contributed by atoms with van der Waals surface area (Å²) in [5.41, 5.74) is 0. The van der Waals surface area contributed by atoms with Crippen molar-refractivity contribution in [3.05, 3.63) is 0 Å². The first-order valence-electron chi connectivity index (χ1n) is 12.0. The lowest BCUT2D eigenvalue weighted by molar-refractivity contribution is -0.139. The third-order valence-corrected chi connectivity index (χ3v) is 5.01. The van der Waals surface area contributed by atoms with E-state index in [1.165, 1.54) is 57.8 Å². The van der Waals surface area contributed by atoms with Crippen molar-refractivity contribution in [3.8, 4) is 0 Å². The Morgan fingerprint density at radius 3 is 1.70 bits per heavy atom. The van der Waals surface area contributed by atoms with Crippen molar-refractivity contribution >= 4 is 5.97 Å². The molecule has 30 heavy (non-hydrogen) atoms. The summed E-state index contributed by atoms with van der Waals surface area (Å²) < 4.78 is 15.8. The number of unbranched alkanes of at least 4 members (excludes halogenated alkanes) is 10. The number of rotatable bonds is 25. The Labute approximate surface area is 183 Å². The number of carboxylic acids is 1. The molecule has 0 spiro atoms. The van der Waals surface area contributed by atoms with Gasteiger partial charge in [-0.2, -0.15) is 0 Å². The van der Waals surface area contributed by atoms with Gasteiger partial charge in [-0.25, -0.2) is 0 Å². The molecule has 0 aliphatic carbocycles. The summed E-state index contributed by atoms with van der Waals surface area (Å²) >= 11 is 0. The zero-order valence-corrected chi connectivity index (χ0v) is 19.2. The number of nitrogens with one attached hydrogen (secondary N) is 1. The predicted molar refractivity (Wildman–Crippen MR) is 120 cm³/mol. The zero-order valence-electron chi connectivity index (χ0n) is 19.2. The highest BCUT2D eigenvalue weighted by atomic mass is 16.5. The molecule has 0 aliphatic heterocycles. The molecule has 0 radical (unpaired) electrons. The molecule has 3 N–H and O–H groups in total. The van der Waals surface area contributed by atoms with Crippen LogP contribution in [0.15, 0.2) is 0 Å². The Bertz CT molecular complexity index is 331. The van der Waals surface area contributed by atoms with E-state index in [2.05, 4.69) is 12.2 Å². The summed E-state index contributed by atoms with van der Waals surface area (Å²) in [5.74, 6) is -0.784. The van der Waals surface area contributed by atoms with E-state index in [0.717, 1.165) is 12.8 Å². The number of carbonyl (C=O) groups is 1. The minimum Gasteiger partial charge on any atom is -0.480 e. The summed E-state index contributed by atoms with van der Waals surface area (Å²) in [7, 11) is 0. The summed E-state index contributed by atoms with van der Waals surface area (Å²) in [6.45, 7) is 5.46. The molecular weight excluding hydrogens is 386 g/mol. The van der Waals surface area contributed by atoms with Crippen molar-refractivity contribution in [2.75, 3.05) is 52.8 Å². The smallest absolute Gasteiger partial charge is 0.320 e. The van der Waals surface area contributed by atoms with E-state index in [1.54, 1.807) is 0 Å². The minimum absolute atomic E-state index is 0.0205. The Morgan fingerprint density at radius 2 is 1.20 bits per heavy atom. The molecule has 0 heterocycles. The van der Waals surface area contributed by atoms with Gasteiger partial charge in [-0.3, -0.25) is 4.79 Å². The van der Waals surface area contributed by atoms with Crippen LogP contribution in [-0.4, -0.2) is 75.0 Å². The molecule has 180 valence electrons. The minimum atomic E-state index is -0.784. The van der Waals surface area contributed by atoms with Crippen LogP contribution in [0.25, 0.3) is 0 Å². The Hall–Kier alpha value is -0.730. The van der Waals surface area contributed by atoms with Crippen LogP contribution in [0.1, 0.15) is 84.0 Å². The van der Waals surface area contributed by atoms with E-state index < -0.39 is 12.0 Å². The molecule has 7 nitrogen and oxygen atoms in total. The Morgan fingerprint density at radius 1 is 0.733 bits per heavy atom. The average molecular weight is 434 g/mol. The monoisotopic (exact) mass is 433 g/mol. The van der Waals surface area contributed by atoms with Crippen LogP contribution in [0.3, 0.4) is 0 Å². The van der Waals surface area contributed by atoms with Gasteiger partial charge in [-0.05, 0) is 6.42 Å². The number of aliphatic carboxylic acids is 1. The van der Waals surface area contributed by atoms with Crippen LogP contribution in [0.2, 0.25) is 0 Å². The number of aliphatic hydroxyl groups excluding tert-OH is 1. The lowest BCUT2D eigenvalue weighted by atomic mass is 10.0. The number of aliphatic hydroxyl groups is 1.